The highest BCUT2D eigenvalue weighted by molar-refractivity contribution is 5.95. The molecule has 1 aromatic heterocycles. The van der Waals surface area contributed by atoms with E-state index in [1.165, 1.54) is 4.90 Å². The molecule has 1 aliphatic heterocycles. The van der Waals surface area contributed by atoms with E-state index in [-0.39, 0.29) is 12.5 Å². The van der Waals surface area contributed by atoms with Crippen LogP contribution >= 0.6 is 0 Å². The van der Waals surface area contributed by atoms with Crippen molar-refractivity contribution < 1.29 is 14.3 Å². The van der Waals surface area contributed by atoms with E-state index in [1.807, 2.05) is 6.92 Å². The van der Waals surface area contributed by atoms with Gasteiger partial charge in [-0.25, -0.2) is 4.39 Å². The van der Waals surface area contributed by atoms with Gasteiger partial charge in [-0.05, 0) is 19.3 Å². The zero-order valence-corrected chi connectivity index (χ0v) is 11.4. The fraction of sp³-hybridized carbons (Fsp3) is 0.692. The summed E-state index contributed by atoms with van der Waals surface area (Å²) in [6.07, 6.45) is 3.22. The summed E-state index contributed by atoms with van der Waals surface area (Å²) in [5.74, 6) is -0.194. The number of aromatic nitrogens is 2. The first-order valence-corrected chi connectivity index (χ1v) is 6.60. The summed E-state index contributed by atoms with van der Waals surface area (Å²) >= 11 is 0. The van der Waals surface area contributed by atoms with Crippen LogP contribution in [0.4, 0.5) is 4.39 Å². The summed E-state index contributed by atoms with van der Waals surface area (Å²) in [6, 6.07) is 0. The smallest absolute Gasteiger partial charge is 0.257 e. The second-order valence-electron chi connectivity index (χ2n) is 5.16. The molecule has 0 spiro atoms. The van der Waals surface area contributed by atoms with Gasteiger partial charge in [0.2, 0.25) is 0 Å². The van der Waals surface area contributed by atoms with E-state index in [1.54, 1.807) is 17.9 Å². The molecular weight excluding hydrogens is 249 g/mol. The maximum Gasteiger partial charge on any atom is 0.257 e. The fourth-order valence-corrected chi connectivity index (χ4v) is 2.53. The molecule has 6 heteroatoms. The number of carbonyl (C=O) groups excluding carboxylic acids is 1. The third-order valence-corrected chi connectivity index (χ3v) is 3.57. The number of piperidine rings is 1. The summed E-state index contributed by atoms with van der Waals surface area (Å²) in [6.45, 7) is 1.88. The van der Waals surface area contributed by atoms with Crippen LogP contribution in [0, 0.1) is 0 Å². The molecule has 1 N–H and O–H groups in total. The number of aliphatic hydroxyl groups is 1. The first kappa shape index (κ1) is 14.0. The maximum absolute atomic E-state index is 14.2. The monoisotopic (exact) mass is 269 g/mol. The molecule has 5 nitrogen and oxygen atoms in total. The van der Waals surface area contributed by atoms with Crippen molar-refractivity contribution in [1.82, 2.24) is 14.7 Å². The summed E-state index contributed by atoms with van der Waals surface area (Å²) in [5.41, 5.74) is -0.401. The molecule has 1 fully saturated rings. The Kier molecular flexibility index (Phi) is 3.89. The van der Waals surface area contributed by atoms with E-state index in [9.17, 15) is 9.18 Å². The standard InChI is InChI=1S/C13H20FN3O2/c1-3-11-10(7-16(2)15-11)12(19)17-6-4-5-13(14,8-17)9-18/h7,18H,3-6,8-9H2,1-2H3. The molecule has 1 saturated heterocycles. The van der Waals surface area contributed by atoms with Crippen LogP contribution in [-0.2, 0) is 13.5 Å². The Morgan fingerprint density at radius 3 is 3.00 bits per heavy atom. The molecule has 19 heavy (non-hydrogen) atoms. The summed E-state index contributed by atoms with van der Waals surface area (Å²) in [7, 11) is 1.76. The Morgan fingerprint density at radius 1 is 1.63 bits per heavy atom. The van der Waals surface area contributed by atoms with Gasteiger partial charge in [0.05, 0.1) is 24.4 Å². The van der Waals surface area contributed by atoms with Crippen LogP contribution in [0.15, 0.2) is 6.20 Å². The molecule has 0 radical (unpaired) electrons. The molecule has 0 aromatic carbocycles. The summed E-state index contributed by atoms with van der Waals surface area (Å²) in [4.78, 5) is 13.9. The van der Waals surface area contributed by atoms with Crippen LogP contribution in [0.3, 0.4) is 0 Å². The van der Waals surface area contributed by atoms with Crippen molar-refractivity contribution in [2.24, 2.45) is 7.05 Å². The number of amides is 1. The van der Waals surface area contributed by atoms with Crippen molar-refractivity contribution in [3.63, 3.8) is 0 Å². The van der Waals surface area contributed by atoms with Gasteiger partial charge in [0.25, 0.3) is 5.91 Å². The zero-order valence-electron chi connectivity index (χ0n) is 11.4. The molecule has 2 heterocycles. The Labute approximate surface area is 112 Å². The Hall–Kier alpha value is -1.43. The third kappa shape index (κ3) is 2.78. The highest BCUT2D eigenvalue weighted by Gasteiger charge is 2.37. The normalized spacial score (nSPS) is 23.7. The number of hydrogen-bond donors (Lipinski definition) is 1. The first-order chi connectivity index (χ1) is 8.99. The molecule has 1 aromatic rings. The molecule has 0 aliphatic carbocycles. The van der Waals surface area contributed by atoms with E-state index in [4.69, 9.17) is 5.11 Å². The van der Waals surface area contributed by atoms with Gasteiger partial charge in [-0.2, -0.15) is 5.10 Å². The number of aliphatic hydroxyl groups excluding tert-OH is 1. The number of carbonyl (C=O) groups is 1. The summed E-state index contributed by atoms with van der Waals surface area (Å²) < 4.78 is 15.8. The molecule has 1 amide bonds. The number of hydrogen-bond acceptors (Lipinski definition) is 3. The third-order valence-electron chi connectivity index (χ3n) is 3.57. The zero-order chi connectivity index (χ0) is 14.0. The number of aryl methyl sites for hydroxylation is 2. The highest BCUT2D eigenvalue weighted by Crippen LogP contribution is 2.26. The lowest BCUT2D eigenvalue weighted by Gasteiger charge is -2.36. The van der Waals surface area contributed by atoms with Crippen molar-refractivity contribution in [3.05, 3.63) is 17.5 Å². The second-order valence-corrected chi connectivity index (χ2v) is 5.16. The van der Waals surface area contributed by atoms with Crippen molar-refractivity contribution >= 4 is 5.91 Å². The predicted octanol–water partition coefficient (Wildman–Crippen LogP) is 0.919. The average molecular weight is 269 g/mol. The van der Waals surface area contributed by atoms with Crippen LogP contribution in [0.1, 0.15) is 35.8 Å². The van der Waals surface area contributed by atoms with Crippen LogP contribution in [-0.4, -0.2) is 51.1 Å². The average Bonchev–Trinajstić information content (AvgIpc) is 2.79. The highest BCUT2D eigenvalue weighted by atomic mass is 19.1. The minimum atomic E-state index is -1.66. The molecule has 106 valence electrons. The quantitative estimate of drug-likeness (QED) is 0.887. The van der Waals surface area contributed by atoms with E-state index in [0.29, 0.717) is 31.4 Å². The molecule has 0 saturated carbocycles. The predicted molar refractivity (Wildman–Crippen MR) is 68.6 cm³/mol. The second kappa shape index (κ2) is 5.28. The van der Waals surface area contributed by atoms with Crippen LogP contribution < -0.4 is 0 Å². The van der Waals surface area contributed by atoms with Gasteiger partial charge in [0.1, 0.15) is 0 Å². The minimum Gasteiger partial charge on any atom is -0.393 e. The van der Waals surface area contributed by atoms with Gasteiger partial charge in [0, 0.05) is 19.8 Å². The largest absolute Gasteiger partial charge is 0.393 e. The van der Waals surface area contributed by atoms with Crippen LogP contribution in [0.2, 0.25) is 0 Å². The van der Waals surface area contributed by atoms with E-state index >= 15 is 0 Å². The van der Waals surface area contributed by atoms with Gasteiger partial charge in [-0.3, -0.25) is 9.48 Å². The molecule has 1 unspecified atom stereocenters. The van der Waals surface area contributed by atoms with Gasteiger partial charge in [0.15, 0.2) is 5.67 Å². The first-order valence-electron chi connectivity index (χ1n) is 6.60. The molecule has 2 rings (SSSR count). The van der Waals surface area contributed by atoms with Crippen molar-refractivity contribution in [1.29, 1.82) is 0 Å². The fourth-order valence-electron chi connectivity index (χ4n) is 2.53. The van der Waals surface area contributed by atoms with Crippen LogP contribution in [0.5, 0.6) is 0 Å². The topological polar surface area (TPSA) is 58.4 Å². The van der Waals surface area contributed by atoms with Gasteiger partial charge < -0.3 is 10.0 Å². The van der Waals surface area contributed by atoms with Gasteiger partial charge in [-0.1, -0.05) is 6.92 Å². The van der Waals surface area contributed by atoms with E-state index < -0.39 is 12.3 Å². The van der Waals surface area contributed by atoms with Crippen molar-refractivity contribution in [3.8, 4) is 0 Å². The molecular formula is C13H20FN3O2. The molecule has 1 aliphatic rings. The van der Waals surface area contributed by atoms with Gasteiger partial charge >= 0.3 is 0 Å². The Bertz CT molecular complexity index is 474. The molecule has 0 bridgehead atoms. The minimum absolute atomic E-state index is 0.0413. The Morgan fingerprint density at radius 2 is 2.37 bits per heavy atom. The summed E-state index contributed by atoms with van der Waals surface area (Å²) in [5, 5.41) is 13.3. The lowest BCUT2D eigenvalue weighted by Crippen LogP contribution is -2.49. The number of rotatable bonds is 3. The van der Waals surface area contributed by atoms with E-state index in [2.05, 4.69) is 5.10 Å². The lowest BCUT2D eigenvalue weighted by atomic mass is 9.95. The number of alkyl halides is 1. The van der Waals surface area contributed by atoms with E-state index in [0.717, 1.165) is 5.69 Å². The Balaban J connectivity index is 2.19. The van der Waals surface area contributed by atoms with Crippen molar-refractivity contribution in [2.75, 3.05) is 19.7 Å². The molecule has 1 atom stereocenters. The SMILES string of the molecule is CCc1nn(C)cc1C(=O)N1CCCC(F)(CO)C1. The number of likely N-dealkylation sites (tertiary alicyclic amines) is 1. The number of halogens is 1. The maximum atomic E-state index is 14.2. The number of nitrogens with zero attached hydrogens (tertiary/aromatic N) is 3. The van der Waals surface area contributed by atoms with Crippen molar-refractivity contribution in [2.45, 2.75) is 31.9 Å². The van der Waals surface area contributed by atoms with Crippen LogP contribution in [0.25, 0.3) is 0 Å². The lowest BCUT2D eigenvalue weighted by molar-refractivity contribution is 0.00169. The van der Waals surface area contributed by atoms with Gasteiger partial charge in [-0.15, -0.1) is 0 Å².